The molecular formula is C11H19N3O2S. The van der Waals surface area contributed by atoms with Gasteiger partial charge in [-0.15, -0.1) is 0 Å². The van der Waals surface area contributed by atoms with Gasteiger partial charge >= 0.3 is 0 Å². The fraction of sp³-hybridized carbons (Fsp3) is 0.727. The summed E-state index contributed by atoms with van der Waals surface area (Å²) >= 11 is 0. The van der Waals surface area contributed by atoms with Crippen LogP contribution in [0.2, 0.25) is 0 Å². The molecule has 0 unspecified atom stereocenters. The Hall–Kier alpha value is -0.880. The molecule has 0 spiro atoms. The molecule has 0 amide bonds. The largest absolute Gasteiger partial charge is 0.314 e. The van der Waals surface area contributed by atoms with Gasteiger partial charge in [0.15, 0.2) is 0 Å². The van der Waals surface area contributed by atoms with Gasteiger partial charge in [-0.2, -0.15) is 5.10 Å². The van der Waals surface area contributed by atoms with Gasteiger partial charge in [0, 0.05) is 19.3 Å². The topological polar surface area (TPSA) is 64.0 Å². The van der Waals surface area contributed by atoms with Crippen LogP contribution in [-0.4, -0.2) is 42.3 Å². The Morgan fingerprint density at radius 1 is 1.47 bits per heavy atom. The van der Waals surface area contributed by atoms with Crippen molar-refractivity contribution in [2.45, 2.75) is 25.3 Å². The third-order valence-corrected chi connectivity index (χ3v) is 4.88. The highest BCUT2D eigenvalue weighted by Gasteiger charge is 2.22. The number of aromatic nitrogens is 2. The van der Waals surface area contributed by atoms with E-state index in [2.05, 4.69) is 10.4 Å². The van der Waals surface area contributed by atoms with Crippen molar-refractivity contribution in [1.82, 2.24) is 15.1 Å². The van der Waals surface area contributed by atoms with Crippen molar-refractivity contribution in [3.63, 3.8) is 0 Å². The molecule has 2 rings (SSSR count). The number of nitrogens with one attached hydrogen (secondary N) is 1. The van der Waals surface area contributed by atoms with E-state index < -0.39 is 9.84 Å². The molecule has 1 aliphatic rings. The maximum atomic E-state index is 11.3. The second-order valence-electron chi connectivity index (χ2n) is 4.65. The lowest BCUT2D eigenvalue weighted by atomic mass is 10.1. The molecule has 5 nitrogen and oxygen atoms in total. The van der Waals surface area contributed by atoms with E-state index in [-0.39, 0.29) is 0 Å². The Morgan fingerprint density at radius 3 is 2.76 bits per heavy atom. The molecule has 96 valence electrons. The van der Waals surface area contributed by atoms with E-state index in [0.717, 1.165) is 25.8 Å². The summed E-state index contributed by atoms with van der Waals surface area (Å²) in [4.78, 5) is 0. The van der Waals surface area contributed by atoms with Gasteiger partial charge in [0.25, 0.3) is 0 Å². The molecule has 0 radical (unpaired) electrons. The number of hydrogen-bond acceptors (Lipinski definition) is 4. The molecule has 1 fully saturated rings. The number of rotatable bonds is 4. The molecule has 1 N–H and O–H groups in total. The fourth-order valence-corrected chi connectivity index (χ4v) is 3.61. The van der Waals surface area contributed by atoms with Crippen LogP contribution in [0.5, 0.6) is 0 Å². The third kappa shape index (κ3) is 3.81. The second kappa shape index (κ2) is 5.18. The predicted octanol–water partition coefficient (Wildman–Crippen LogP) is 0.129. The zero-order chi connectivity index (χ0) is 12.3. The van der Waals surface area contributed by atoms with Crippen molar-refractivity contribution in [2.75, 3.05) is 18.1 Å². The van der Waals surface area contributed by atoms with Crippen LogP contribution >= 0.6 is 0 Å². The molecule has 6 heteroatoms. The van der Waals surface area contributed by atoms with Gasteiger partial charge in [-0.25, -0.2) is 8.42 Å². The van der Waals surface area contributed by atoms with Gasteiger partial charge in [0.1, 0.15) is 9.84 Å². The zero-order valence-electron chi connectivity index (χ0n) is 10.1. The standard InChI is InChI=1S/C11H19N3O2S/c1-14-9-10(8-13-14)2-5-12-11-3-6-17(15,16)7-4-11/h8-9,11-12H,2-7H2,1H3. The predicted molar refractivity (Wildman–Crippen MR) is 66.6 cm³/mol. The lowest BCUT2D eigenvalue weighted by molar-refractivity contribution is 0.466. The molecule has 0 bridgehead atoms. The monoisotopic (exact) mass is 257 g/mol. The molecule has 1 aromatic rings. The highest BCUT2D eigenvalue weighted by Crippen LogP contribution is 2.12. The van der Waals surface area contributed by atoms with Crippen LogP contribution in [0.1, 0.15) is 18.4 Å². The van der Waals surface area contributed by atoms with E-state index >= 15 is 0 Å². The number of nitrogens with zero attached hydrogens (tertiary/aromatic N) is 2. The lowest BCUT2D eigenvalue weighted by Gasteiger charge is -2.22. The Labute approximate surface area is 102 Å². The molecule has 0 atom stereocenters. The summed E-state index contributed by atoms with van der Waals surface area (Å²) in [5.41, 5.74) is 1.21. The average Bonchev–Trinajstić information content (AvgIpc) is 2.67. The van der Waals surface area contributed by atoms with Gasteiger partial charge in [0.2, 0.25) is 0 Å². The SMILES string of the molecule is Cn1cc(CCNC2CCS(=O)(=O)CC2)cn1. The van der Waals surface area contributed by atoms with Crippen LogP contribution in [0, 0.1) is 0 Å². The van der Waals surface area contributed by atoms with E-state index in [1.165, 1.54) is 5.56 Å². The minimum Gasteiger partial charge on any atom is -0.314 e. The van der Waals surface area contributed by atoms with Gasteiger partial charge in [-0.3, -0.25) is 4.68 Å². The van der Waals surface area contributed by atoms with Crippen molar-refractivity contribution >= 4 is 9.84 Å². The van der Waals surface area contributed by atoms with Crippen molar-refractivity contribution in [3.8, 4) is 0 Å². The smallest absolute Gasteiger partial charge is 0.150 e. The van der Waals surface area contributed by atoms with Gasteiger partial charge in [-0.1, -0.05) is 0 Å². The first kappa shape index (κ1) is 12.6. The normalized spacial score (nSPS) is 20.5. The van der Waals surface area contributed by atoms with Crippen molar-refractivity contribution < 1.29 is 8.42 Å². The first-order chi connectivity index (χ1) is 8.05. The Bertz CT molecular complexity index is 453. The van der Waals surface area contributed by atoms with E-state index in [4.69, 9.17) is 0 Å². The average molecular weight is 257 g/mol. The maximum Gasteiger partial charge on any atom is 0.150 e. The summed E-state index contributed by atoms with van der Waals surface area (Å²) in [5, 5.41) is 7.53. The lowest BCUT2D eigenvalue weighted by Crippen LogP contribution is -2.38. The van der Waals surface area contributed by atoms with Gasteiger partial charge in [0.05, 0.1) is 17.7 Å². The maximum absolute atomic E-state index is 11.3. The quantitative estimate of drug-likeness (QED) is 0.833. The molecule has 2 heterocycles. The van der Waals surface area contributed by atoms with E-state index in [1.54, 1.807) is 4.68 Å². The van der Waals surface area contributed by atoms with Crippen LogP contribution in [0.25, 0.3) is 0 Å². The van der Waals surface area contributed by atoms with Crippen LogP contribution in [-0.2, 0) is 23.3 Å². The first-order valence-electron chi connectivity index (χ1n) is 5.96. The molecule has 0 aromatic carbocycles. The Morgan fingerprint density at radius 2 is 2.18 bits per heavy atom. The summed E-state index contributed by atoms with van der Waals surface area (Å²) in [5.74, 6) is 0.662. The first-order valence-corrected chi connectivity index (χ1v) is 7.79. The highest BCUT2D eigenvalue weighted by molar-refractivity contribution is 7.91. The van der Waals surface area contributed by atoms with E-state index in [1.807, 2.05) is 19.4 Å². The van der Waals surface area contributed by atoms with E-state index in [0.29, 0.717) is 17.5 Å². The highest BCUT2D eigenvalue weighted by atomic mass is 32.2. The minimum atomic E-state index is -2.74. The summed E-state index contributed by atoms with van der Waals surface area (Å²) in [7, 11) is -0.837. The zero-order valence-corrected chi connectivity index (χ0v) is 10.9. The molecule has 1 saturated heterocycles. The van der Waals surface area contributed by atoms with Crippen LogP contribution in [0.4, 0.5) is 0 Å². The van der Waals surface area contributed by atoms with Crippen molar-refractivity contribution in [1.29, 1.82) is 0 Å². The molecule has 0 aliphatic carbocycles. The van der Waals surface area contributed by atoms with Gasteiger partial charge in [-0.05, 0) is 31.4 Å². The summed E-state index contributed by atoms with van der Waals surface area (Å²) < 4.78 is 24.3. The van der Waals surface area contributed by atoms with E-state index in [9.17, 15) is 8.42 Å². The summed E-state index contributed by atoms with van der Waals surface area (Å²) in [6, 6.07) is 0.357. The van der Waals surface area contributed by atoms with Crippen LogP contribution in [0.3, 0.4) is 0 Å². The van der Waals surface area contributed by atoms with Gasteiger partial charge < -0.3 is 5.32 Å². The Balaban J connectivity index is 1.70. The fourth-order valence-electron chi connectivity index (χ4n) is 2.12. The van der Waals surface area contributed by atoms with Crippen LogP contribution < -0.4 is 5.32 Å². The summed E-state index contributed by atoms with van der Waals surface area (Å²) in [6.45, 7) is 0.885. The van der Waals surface area contributed by atoms with Crippen molar-refractivity contribution in [3.05, 3.63) is 18.0 Å². The third-order valence-electron chi connectivity index (χ3n) is 3.16. The number of hydrogen-bond donors (Lipinski definition) is 1. The number of aryl methyl sites for hydroxylation is 1. The number of sulfone groups is 1. The molecule has 1 aromatic heterocycles. The molecular weight excluding hydrogens is 238 g/mol. The second-order valence-corrected chi connectivity index (χ2v) is 6.96. The molecule has 17 heavy (non-hydrogen) atoms. The minimum absolute atomic E-state index is 0.331. The molecule has 1 aliphatic heterocycles. The summed E-state index contributed by atoms with van der Waals surface area (Å²) in [6.07, 6.45) is 6.31. The van der Waals surface area contributed by atoms with Crippen LogP contribution in [0.15, 0.2) is 12.4 Å². The van der Waals surface area contributed by atoms with Crippen molar-refractivity contribution in [2.24, 2.45) is 7.05 Å². The molecule has 0 saturated carbocycles. The Kier molecular flexibility index (Phi) is 3.83.